The standard InChI is InChI=1S/C10H21NO2/c1-4-9(7(2)3)8(6-11)5-10(12)13/h7-9H,4-6,11H2,1-3H3,(H,12,13). The van der Waals surface area contributed by atoms with Crippen LogP contribution >= 0.6 is 0 Å². The van der Waals surface area contributed by atoms with E-state index in [1.165, 1.54) is 0 Å². The Hall–Kier alpha value is -0.570. The topological polar surface area (TPSA) is 63.3 Å². The van der Waals surface area contributed by atoms with Crippen molar-refractivity contribution in [1.29, 1.82) is 0 Å². The molecule has 0 heterocycles. The van der Waals surface area contributed by atoms with Gasteiger partial charge >= 0.3 is 5.97 Å². The van der Waals surface area contributed by atoms with E-state index in [1.807, 2.05) is 0 Å². The number of carboxylic acid groups (broad SMARTS) is 1. The van der Waals surface area contributed by atoms with Crippen molar-refractivity contribution < 1.29 is 9.90 Å². The summed E-state index contributed by atoms with van der Waals surface area (Å²) in [7, 11) is 0. The van der Waals surface area contributed by atoms with Crippen LogP contribution in [0.4, 0.5) is 0 Å². The Bertz CT molecular complexity index is 157. The summed E-state index contributed by atoms with van der Waals surface area (Å²) >= 11 is 0. The number of carbonyl (C=O) groups is 1. The summed E-state index contributed by atoms with van der Waals surface area (Å²) in [6.45, 7) is 6.81. The molecule has 0 rings (SSSR count). The lowest BCUT2D eigenvalue weighted by Gasteiger charge is -2.27. The van der Waals surface area contributed by atoms with Gasteiger partial charge in [-0.1, -0.05) is 27.2 Å². The average molecular weight is 187 g/mol. The molecule has 0 aromatic carbocycles. The van der Waals surface area contributed by atoms with Crippen LogP contribution in [-0.2, 0) is 4.79 Å². The Kier molecular flexibility index (Phi) is 5.71. The zero-order chi connectivity index (χ0) is 10.4. The predicted molar refractivity (Wildman–Crippen MR) is 53.4 cm³/mol. The zero-order valence-electron chi connectivity index (χ0n) is 8.79. The molecule has 0 aromatic rings. The fourth-order valence-electron chi connectivity index (χ4n) is 1.98. The summed E-state index contributed by atoms with van der Waals surface area (Å²) in [5, 5.41) is 8.69. The van der Waals surface area contributed by atoms with Gasteiger partial charge in [0, 0.05) is 6.42 Å². The van der Waals surface area contributed by atoms with Crippen LogP contribution in [0.5, 0.6) is 0 Å². The van der Waals surface area contributed by atoms with Crippen LogP contribution in [0.1, 0.15) is 33.6 Å². The summed E-state index contributed by atoms with van der Waals surface area (Å²) in [4.78, 5) is 10.6. The maximum absolute atomic E-state index is 10.6. The molecule has 0 saturated carbocycles. The first-order chi connectivity index (χ1) is 6.02. The molecular weight excluding hydrogens is 166 g/mol. The van der Waals surface area contributed by atoms with Gasteiger partial charge in [-0.05, 0) is 24.3 Å². The third-order valence-corrected chi connectivity index (χ3v) is 2.67. The van der Waals surface area contributed by atoms with E-state index in [4.69, 9.17) is 10.8 Å². The molecule has 0 radical (unpaired) electrons. The van der Waals surface area contributed by atoms with Crippen molar-refractivity contribution in [2.75, 3.05) is 6.54 Å². The molecule has 3 heteroatoms. The summed E-state index contributed by atoms with van der Waals surface area (Å²) < 4.78 is 0. The molecule has 0 fully saturated rings. The quantitative estimate of drug-likeness (QED) is 0.665. The number of hydrogen-bond acceptors (Lipinski definition) is 2. The Morgan fingerprint density at radius 1 is 1.46 bits per heavy atom. The van der Waals surface area contributed by atoms with E-state index in [0.29, 0.717) is 18.4 Å². The second-order valence-electron chi connectivity index (χ2n) is 3.91. The molecule has 3 N–H and O–H groups in total. The van der Waals surface area contributed by atoms with E-state index in [1.54, 1.807) is 0 Å². The average Bonchev–Trinajstić information content (AvgIpc) is 2.02. The van der Waals surface area contributed by atoms with Gasteiger partial charge in [0.1, 0.15) is 0 Å². The summed E-state index contributed by atoms with van der Waals surface area (Å²) in [5.41, 5.74) is 5.57. The maximum Gasteiger partial charge on any atom is 0.303 e. The lowest BCUT2D eigenvalue weighted by Crippen LogP contribution is -2.28. The van der Waals surface area contributed by atoms with Gasteiger partial charge in [0.2, 0.25) is 0 Å². The van der Waals surface area contributed by atoms with E-state index in [9.17, 15) is 4.79 Å². The molecule has 0 aromatic heterocycles. The normalized spacial score (nSPS) is 15.8. The lowest BCUT2D eigenvalue weighted by molar-refractivity contribution is -0.138. The SMILES string of the molecule is CCC(C(C)C)C(CN)CC(=O)O. The number of hydrogen-bond donors (Lipinski definition) is 2. The first kappa shape index (κ1) is 12.4. The third-order valence-electron chi connectivity index (χ3n) is 2.67. The van der Waals surface area contributed by atoms with E-state index < -0.39 is 5.97 Å². The van der Waals surface area contributed by atoms with Crippen molar-refractivity contribution in [1.82, 2.24) is 0 Å². The zero-order valence-corrected chi connectivity index (χ0v) is 8.79. The second kappa shape index (κ2) is 5.97. The minimum atomic E-state index is -0.741. The van der Waals surface area contributed by atoms with Crippen molar-refractivity contribution >= 4 is 5.97 Å². The highest BCUT2D eigenvalue weighted by atomic mass is 16.4. The van der Waals surface area contributed by atoms with Crippen molar-refractivity contribution in [2.45, 2.75) is 33.6 Å². The fraction of sp³-hybridized carbons (Fsp3) is 0.900. The molecule has 0 aliphatic rings. The first-order valence-electron chi connectivity index (χ1n) is 4.94. The second-order valence-corrected chi connectivity index (χ2v) is 3.91. The van der Waals surface area contributed by atoms with Gasteiger partial charge in [0.15, 0.2) is 0 Å². The van der Waals surface area contributed by atoms with Crippen LogP contribution in [0.15, 0.2) is 0 Å². The molecule has 0 amide bonds. The van der Waals surface area contributed by atoms with E-state index >= 15 is 0 Å². The van der Waals surface area contributed by atoms with E-state index in [-0.39, 0.29) is 12.3 Å². The molecule has 0 aliphatic carbocycles. The fourth-order valence-corrected chi connectivity index (χ4v) is 1.98. The third kappa shape index (κ3) is 4.27. The molecule has 2 atom stereocenters. The van der Waals surface area contributed by atoms with E-state index in [2.05, 4.69) is 20.8 Å². The van der Waals surface area contributed by atoms with Gasteiger partial charge < -0.3 is 10.8 Å². The molecule has 0 spiro atoms. The largest absolute Gasteiger partial charge is 0.481 e. The van der Waals surface area contributed by atoms with Crippen LogP contribution in [0.3, 0.4) is 0 Å². The molecule has 13 heavy (non-hydrogen) atoms. The van der Waals surface area contributed by atoms with Gasteiger partial charge in [-0.15, -0.1) is 0 Å². The minimum Gasteiger partial charge on any atom is -0.481 e. The molecular formula is C10H21NO2. The van der Waals surface area contributed by atoms with Crippen LogP contribution in [0.25, 0.3) is 0 Å². The Balaban J connectivity index is 4.25. The molecule has 78 valence electrons. The molecule has 0 saturated heterocycles. The van der Waals surface area contributed by atoms with Crippen LogP contribution in [0, 0.1) is 17.8 Å². The molecule has 2 unspecified atom stereocenters. The Labute approximate surface area is 80.3 Å². The van der Waals surface area contributed by atoms with Gasteiger partial charge in [-0.3, -0.25) is 4.79 Å². The highest BCUT2D eigenvalue weighted by Crippen LogP contribution is 2.26. The highest BCUT2D eigenvalue weighted by Gasteiger charge is 2.23. The Morgan fingerprint density at radius 3 is 2.23 bits per heavy atom. The predicted octanol–water partition coefficient (Wildman–Crippen LogP) is 1.72. The van der Waals surface area contributed by atoms with Crippen LogP contribution in [0.2, 0.25) is 0 Å². The number of rotatable bonds is 6. The maximum atomic E-state index is 10.6. The van der Waals surface area contributed by atoms with Crippen molar-refractivity contribution in [3.8, 4) is 0 Å². The highest BCUT2D eigenvalue weighted by molar-refractivity contribution is 5.67. The number of nitrogens with two attached hydrogens (primary N) is 1. The Morgan fingerprint density at radius 2 is 2.00 bits per heavy atom. The van der Waals surface area contributed by atoms with Crippen molar-refractivity contribution in [2.24, 2.45) is 23.5 Å². The molecule has 0 aliphatic heterocycles. The van der Waals surface area contributed by atoms with Gasteiger partial charge in [0.25, 0.3) is 0 Å². The van der Waals surface area contributed by atoms with Crippen LogP contribution < -0.4 is 5.73 Å². The van der Waals surface area contributed by atoms with Crippen molar-refractivity contribution in [3.63, 3.8) is 0 Å². The first-order valence-corrected chi connectivity index (χ1v) is 4.94. The van der Waals surface area contributed by atoms with Crippen LogP contribution in [-0.4, -0.2) is 17.6 Å². The monoisotopic (exact) mass is 187 g/mol. The van der Waals surface area contributed by atoms with E-state index in [0.717, 1.165) is 6.42 Å². The summed E-state index contributed by atoms with van der Waals surface area (Å²) in [5.74, 6) is 0.330. The summed E-state index contributed by atoms with van der Waals surface area (Å²) in [6, 6.07) is 0. The molecule has 3 nitrogen and oxygen atoms in total. The number of aliphatic carboxylic acids is 1. The smallest absolute Gasteiger partial charge is 0.303 e. The molecule has 0 bridgehead atoms. The van der Waals surface area contributed by atoms with Gasteiger partial charge in [-0.25, -0.2) is 0 Å². The summed E-state index contributed by atoms with van der Waals surface area (Å²) in [6.07, 6.45) is 1.21. The van der Waals surface area contributed by atoms with Gasteiger partial charge in [0.05, 0.1) is 0 Å². The lowest BCUT2D eigenvalue weighted by atomic mass is 9.80. The van der Waals surface area contributed by atoms with Crippen molar-refractivity contribution in [3.05, 3.63) is 0 Å². The minimum absolute atomic E-state index is 0.127. The number of carboxylic acids is 1. The van der Waals surface area contributed by atoms with Gasteiger partial charge in [-0.2, -0.15) is 0 Å².